The second kappa shape index (κ2) is 5.87. The monoisotopic (exact) mass is 280 g/mol. The normalized spacial score (nSPS) is 13.3. The molecule has 1 aromatic heterocycles. The molecule has 0 aliphatic heterocycles. The van der Waals surface area contributed by atoms with Crippen molar-refractivity contribution in [1.82, 2.24) is 15.0 Å². The standard InChI is InChI=1S/C11H19F3N4O/c1-4-5-18(7-11(12,13)14)6-8-16-9(17-19-8)10(2,3)15/h4-7,15H2,1-3H3. The summed E-state index contributed by atoms with van der Waals surface area (Å²) in [6.45, 7) is 4.48. The first-order valence-electron chi connectivity index (χ1n) is 6.03. The van der Waals surface area contributed by atoms with Gasteiger partial charge in [0.1, 0.15) is 0 Å². The van der Waals surface area contributed by atoms with Gasteiger partial charge in [-0.3, -0.25) is 4.90 Å². The minimum absolute atomic E-state index is 0.0313. The maximum atomic E-state index is 12.4. The van der Waals surface area contributed by atoms with E-state index in [1.165, 1.54) is 4.90 Å². The van der Waals surface area contributed by atoms with Gasteiger partial charge in [-0.2, -0.15) is 18.2 Å². The van der Waals surface area contributed by atoms with E-state index >= 15 is 0 Å². The first-order valence-corrected chi connectivity index (χ1v) is 6.03. The molecule has 0 aliphatic rings. The summed E-state index contributed by atoms with van der Waals surface area (Å²) in [6, 6.07) is 0. The van der Waals surface area contributed by atoms with Crippen molar-refractivity contribution in [3.8, 4) is 0 Å². The largest absolute Gasteiger partial charge is 0.401 e. The molecule has 1 rings (SSSR count). The van der Waals surface area contributed by atoms with E-state index in [0.29, 0.717) is 13.0 Å². The molecule has 1 aromatic rings. The van der Waals surface area contributed by atoms with Crippen LogP contribution >= 0.6 is 0 Å². The summed E-state index contributed by atoms with van der Waals surface area (Å²) in [5.41, 5.74) is 5.01. The molecule has 0 spiro atoms. The van der Waals surface area contributed by atoms with E-state index < -0.39 is 18.3 Å². The van der Waals surface area contributed by atoms with Gasteiger partial charge in [0.05, 0.1) is 18.6 Å². The molecule has 0 unspecified atom stereocenters. The number of aromatic nitrogens is 2. The number of alkyl halides is 3. The first-order chi connectivity index (χ1) is 8.62. The maximum absolute atomic E-state index is 12.4. The zero-order valence-corrected chi connectivity index (χ0v) is 11.3. The van der Waals surface area contributed by atoms with Gasteiger partial charge in [0.15, 0.2) is 5.82 Å². The second-order valence-electron chi connectivity index (χ2n) is 5.06. The lowest BCUT2D eigenvalue weighted by atomic mass is 10.1. The fourth-order valence-electron chi connectivity index (χ4n) is 1.56. The number of hydrogen-bond acceptors (Lipinski definition) is 5. The summed E-state index contributed by atoms with van der Waals surface area (Å²) in [7, 11) is 0. The van der Waals surface area contributed by atoms with E-state index in [1.807, 2.05) is 6.92 Å². The summed E-state index contributed by atoms with van der Waals surface area (Å²) in [4.78, 5) is 5.24. The van der Waals surface area contributed by atoms with Crippen molar-refractivity contribution in [2.75, 3.05) is 13.1 Å². The van der Waals surface area contributed by atoms with Crippen LogP contribution in [-0.2, 0) is 12.1 Å². The number of nitrogens with two attached hydrogens (primary N) is 1. The van der Waals surface area contributed by atoms with Crippen LogP contribution < -0.4 is 5.73 Å². The van der Waals surface area contributed by atoms with Crippen LogP contribution in [0.15, 0.2) is 4.52 Å². The van der Waals surface area contributed by atoms with Gasteiger partial charge in [0.25, 0.3) is 0 Å². The van der Waals surface area contributed by atoms with Crippen molar-refractivity contribution in [2.24, 2.45) is 5.73 Å². The molecule has 0 saturated heterocycles. The van der Waals surface area contributed by atoms with Gasteiger partial charge in [0.2, 0.25) is 5.89 Å². The molecule has 19 heavy (non-hydrogen) atoms. The van der Waals surface area contributed by atoms with Crippen LogP contribution in [0.5, 0.6) is 0 Å². The number of nitrogens with zero attached hydrogens (tertiary/aromatic N) is 3. The maximum Gasteiger partial charge on any atom is 0.401 e. The van der Waals surface area contributed by atoms with Crippen molar-refractivity contribution in [1.29, 1.82) is 0 Å². The molecule has 110 valence electrons. The Labute approximate surface area is 109 Å². The molecule has 0 bridgehead atoms. The minimum atomic E-state index is -4.24. The summed E-state index contributed by atoms with van der Waals surface area (Å²) < 4.78 is 42.1. The molecule has 0 radical (unpaired) electrons. The third-order valence-corrected chi connectivity index (χ3v) is 2.35. The van der Waals surface area contributed by atoms with Crippen LogP contribution in [0.4, 0.5) is 13.2 Å². The average molecular weight is 280 g/mol. The Hall–Kier alpha value is -1.15. The molecular weight excluding hydrogens is 261 g/mol. The van der Waals surface area contributed by atoms with Gasteiger partial charge in [0, 0.05) is 0 Å². The molecule has 0 atom stereocenters. The third-order valence-electron chi connectivity index (χ3n) is 2.35. The highest BCUT2D eigenvalue weighted by molar-refractivity contribution is 4.99. The van der Waals surface area contributed by atoms with E-state index in [-0.39, 0.29) is 18.3 Å². The van der Waals surface area contributed by atoms with Crippen molar-refractivity contribution < 1.29 is 17.7 Å². The third kappa shape index (κ3) is 5.56. The van der Waals surface area contributed by atoms with Gasteiger partial charge >= 0.3 is 6.18 Å². The van der Waals surface area contributed by atoms with Gasteiger partial charge < -0.3 is 10.3 Å². The van der Waals surface area contributed by atoms with Crippen LogP contribution in [0.1, 0.15) is 38.9 Å². The molecule has 0 aliphatic carbocycles. The summed E-state index contributed by atoms with van der Waals surface area (Å²) in [5, 5.41) is 3.68. The minimum Gasteiger partial charge on any atom is -0.338 e. The van der Waals surface area contributed by atoms with Crippen molar-refractivity contribution in [3.63, 3.8) is 0 Å². The summed E-state index contributed by atoms with van der Waals surface area (Å²) in [5.74, 6) is 0.428. The van der Waals surface area contributed by atoms with Gasteiger partial charge in [-0.25, -0.2) is 0 Å². The van der Waals surface area contributed by atoms with Crippen molar-refractivity contribution >= 4 is 0 Å². The van der Waals surface area contributed by atoms with Crippen LogP contribution in [0.25, 0.3) is 0 Å². The Bertz CT molecular complexity index is 397. The second-order valence-corrected chi connectivity index (χ2v) is 5.06. The van der Waals surface area contributed by atoms with Gasteiger partial charge in [-0.15, -0.1) is 0 Å². The lowest BCUT2D eigenvalue weighted by Gasteiger charge is -2.21. The Morgan fingerprint density at radius 1 is 1.32 bits per heavy atom. The van der Waals surface area contributed by atoms with E-state index in [0.717, 1.165) is 0 Å². The average Bonchev–Trinajstić information content (AvgIpc) is 2.63. The summed E-state index contributed by atoms with van der Waals surface area (Å²) in [6.07, 6.45) is -3.63. The SMILES string of the molecule is CCCN(Cc1nc(C(C)(C)N)no1)CC(F)(F)F. The highest BCUT2D eigenvalue weighted by atomic mass is 19.4. The van der Waals surface area contributed by atoms with E-state index in [1.54, 1.807) is 13.8 Å². The fraction of sp³-hybridized carbons (Fsp3) is 0.818. The van der Waals surface area contributed by atoms with Gasteiger partial charge in [-0.05, 0) is 26.8 Å². The Balaban J connectivity index is 2.71. The molecule has 0 amide bonds. The predicted molar refractivity (Wildman–Crippen MR) is 63.1 cm³/mol. The topological polar surface area (TPSA) is 68.2 Å². The zero-order valence-electron chi connectivity index (χ0n) is 11.3. The Morgan fingerprint density at radius 2 is 1.95 bits per heavy atom. The van der Waals surface area contributed by atoms with Crippen LogP contribution in [0.2, 0.25) is 0 Å². The molecule has 2 N–H and O–H groups in total. The van der Waals surface area contributed by atoms with Crippen molar-refractivity contribution in [2.45, 2.75) is 45.5 Å². The predicted octanol–water partition coefficient (Wildman–Crippen LogP) is 2.04. The molecule has 0 saturated carbocycles. The molecule has 0 fully saturated rings. The molecule has 0 aromatic carbocycles. The van der Waals surface area contributed by atoms with E-state index in [4.69, 9.17) is 10.3 Å². The fourth-order valence-corrected chi connectivity index (χ4v) is 1.56. The lowest BCUT2D eigenvalue weighted by Crippen LogP contribution is -2.34. The van der Waals surface area contributed by atoms with Crippen LogP contribution in [0, 0.1) is 0 Å². The number of halogens is 3. The lowest BCUT2D eigenvalue weighted by molar-refractivity contribution is -0.147. The van der Waals surface area contributed by atoms with Gasteiger partial charge in [-0.1, -0.05) is 12.1 Å². The van der Waals surface area contributed by atoms with E-state index in [9.17, 15) is 13.2 Å². The summed E-state index contributed by atoms with van der Waals surface area (Å²) >= 11 is 0. The highest BCUT2D eigenvalue weighted by Crippen LogP contribution is 2.19. The number of hydrogen-bond donors (Lipinski definition) is 1. The van der Waals surface area contributed by atoms with E-state index in [2.05, 4.69) is 10.1 Å². The Kier molecular flexibility index (Phi) is 4.92. The highest BCUT2D eigenvalue weighted by Gasteiger charge is 2.31. The first kappa shape index (κ1) is 15.9. The smallest absolute Gasteiger partial charge is 0.338 e. The Morgan fingerprint density at radius 3 is 2.37 bits per heavy atom. The molecule has 8 heteroatoms. The van der Waals surface area contributed by atoms with Crippen molar-refractivity contribution in [3.05, 3.63) is 11.7 Å². The molecular formula is C11H19F3N4O. The quantitative estimate of drug-likeness (QED) is 0.863. The number of rotatable bonds is 6. The molecule has 5 nitrogen and oxygen atoms in total. The van der Waals surface area contributed by atoms with Crippen LogP contribution in [0.3, 0.4) is 0 Å². The molecule has 1 heterocycles. The zero-order chi connectivity index (χ0) is 14.7. The van der Waals surface area contributed by atoms with Crippen LogP contribution in [-0.4, -0.2) is 34.3 Å².